The highest BCUT2D eigenvalue weighted by Gasteiger charge is 2.24. The van der Waals surface area contributed by atoms with Gasteiger partial charge in [-0.25, -0.2) is 9.37 Å². The fourth-order valence-corrected chi connectivity index (χ4v) is 4.32. The molecule has 0 atom stereocenters. The van der Waals surface area contributed by atoms with E-state index < -0.39 is 5.82 Å². The molecule has 3 aromatic rings. The maximum atomic E-state index is 13.3. The van der Waals surface area contributed by atoms with Crippen LogP contribution < -0.4 is 5.32 Å². The molecule has 29 heavy (non-hydrogen) atoms. The second-order valence-corrected chi connectivity index (χ2v) is 7.70. The van der Waals surface area contributed by atoms with Crippen LogP contribution in [0, 0.1) is 17.1 Å². The van der Waals surface area contributed by atoms with E-state index in [1.807, 2.05) is 6.07 Å². The number of benzene rings is 1. The highest BCUT2D eigenvalue weighted by molar-refractivity contribution is 8.00. The number of furan rings is 1. The number of halogens is 1. The minimum Gasteiger partial charge on any atom is -0.464 e. The Morgan fingerprint density at radius 3 is 2.90 bits per heavy atom. The number of anilines is 1. The fraction of sp³-hybridized carbons (Fsp3) is 0.227. The SMILES string of the molecule is N#Cc1c(SCC(=O)Nc2cccc(F)c2)nc2c(c1-c1ccco1)CCCC2. The van der Waals surface area contributed by atoms with Gasteiger partial charge in [-0.1, -0.05) is 17.8 Å². The number of aromatic nitrogens is 1. The Bertz CT molecular complexity index is 1090. The number of amides is 1. The number of pyridine rings is 1. The molecule has 1 aliphatic carbocycles. The van der Waals surface area contributed by atoms with E-state index in [-0.39, 0.29) is 11.7 Å². The van der Waals surface area contributed by atoms with Crippen LogP contribution in [0.15, 0.2) is 52.1 Å². The predicted molar refractivity (Wildman–Crippen MR) is 109 cm³/mol. The van der Waals surface area contributed by atoms with Gasteiger partial charge in [0.05, 0.1) is 17.6 Å². The first-order valence-corrected chi connectivity index (χ1v) is 10.3. The molecule has 5 nitrogen and oxygen atoms in total. The van der Waals surface area contributed by atoms with Crippen molar-refractivity contribution in [3.05, 3.63) is 65.3 Å². The maximum Gasteiger partial charge on any atom is 0.234 e. The molecule has 1 aliphatic rings. The van der Waals surface area contributed by atoms with Gasteiger partial charge in [0.2, 0.25) is 5.91 Å². The number of nitrogens with one attached hydrogen (secondary N) is 1. The highest BCUT2D eigenvalue weighted by Crippen LogP contribution is 2.38. The fourth-order valence-electron chi connectivity index (χ4n) is 3.52. The topological polar surface area (TPSA) is 78.9 Å². The molecular weight excluding hydrogens is 389 g/mol. The molecule has 0 aliphatic heterocycles. The number of fused-ring (bicyclic) bond motifs is 1. The van der Waals surface area contributed by atoms with Gasteiger partial charge < -0.3 is 9.73 Å². The summed E-state index contributed by atoms with van der Waals surface area (Å²) in [5.41, 5.74) is 3.65. The molecular formula is C22H18FN3O2S. The molecule has 2 heterocycles. The molecule has 0 saturated heterocycles. The Morgan fingerprint density at radius 1 is 1.28 bits per heavy atom. The summed E-state index contributed by atoms with van der Waals surface area (Å²) in [4.78, 5) is 17.0. The van der Waals surface area contributed by atoms with E-state index in [4.69, 9.17) is 9.40 Å². The van der Waals surface area contributed by atoms with Gasteiger partial charge in [-0.05, 0) is 61.6 Å². The Hall–Kier alpha value is -3.11. The lowest BCUT2D eigenvalue weighted by Gasteiger charge is -2.20. The van der Waals surface area contributed by atoms with Gasteiger partial charge in [-0.3, -0.25) is 4.79 Å². The average molecular weight is 407 g/mol. The van der Waals surface area contributed by atoms with Crippen LogP contribution in [0.5, 0.6) is 0 Å². The van der Waals surface area contributed by atoms with Crippen LogP contribution in [0.25, 0.3) is 11.3 Å². The molecule has 0 fully saturated rings. The number of carbonyl (C=O) groups is 1. The zero-order valence-electron chi connectivity index (χ0n) is 15.6. The molecule has 1 N–H and O–H groups in total. The molecule has 1 aromatic carbocycles. The molecule has 0 radical (unpaired) electrons. The lowest BCUT2D eigenvalue weighted by atomic mass is 9.89. The predicted octanol–water partition coefficient (Wildman–Crippen LogP) is 4.96. The molecule has 2 aromatic heterocycles. The number of aryl methyl sites for hydroxylation is 1. The van der Waals surface area contributed by atoms with Crippen molar-refractivity contribution in [2.75, 3.05) is 11.1 Å². The molecule has 146 valence electrons. The Labute approximate surface area is 172 Å². The van der Waals surface area contributed by atoms with Crippen molar-refractivity contribution in [1.29, 1.82) is 5.26 Å². The molecule has 1 amide bonds. The summed E-state index contributed by atoms with van der Waals surface area (Å²) >= 11 is 1.21. The molecule has 0 bridgehead atoms. The van der Waals surface area contributed by atoms with Crippen LogP contribution >= 0.6 is 11.8 Å². The number of nitriles is 1. The smallest absolute Gasteiger partial charge is 0.234 e. The lowest BCUT2D eigenvalue weighted by Crippen LogP contribution is -2.15. The van der Waals surface area contributed by atoms with E-state index in [1.165, 1.54) is 30.0 Å². The minimum atomic E-state index is -0.415. The van der Waals surface area contributed by atoms with Crippen molar-refractivity contribution in [2.45, 2.75) is 30.7 Å². The number of rotatable bonds is 5. The first-order chi connectivity index (χ1) is 14.2. The Balaban J connectivity index is 1.61. The molecule has 4 rings (SSSR count). The normalized spacial score (nSPS) is 12.8. The van der Waals surface area contributed by atoms with E-state index in [1.54, 1.807) is 18.4 Å². The average Bonchev–Trinajstić information content (AvgIpc) is 3.25. The van der Waals surface area contributed by atoms with Crippen molar-refractivity contribution in [3.63, 3.8) is 0 Å². The van der Waals surface area contributed by atoms with Crippen LogP contribution in [0.2, 0.25) is 0 Å². The Kier molecular flexibility index (Phi) is 5.63. The van der Waals surface area contributed by atoms with Gasteiger partial charge >= 0.3 is 0 Å². The van der Waals surface area contributed by atoms with Crippen LogP contribution in [-0.2, 0) is 17.6 Å². The summed E-state index contributed by atoms with van der Waals surface area (Å²) in [6.07, 6.45) is 5.39. The monoisotopic (exact) mass is 407 g/mol. The van der Waals surface area contributed by atoms with E-state index in [9.17, 15) is 14.4 Å². The third-order valence-corrected chi connectivity index (χ3v) is 5.74. The first-order valence-electron chi connectivity index (χ1n) is 9.33. The number of thioether (sulfide) groups is 1. The molecule has 0 unspecified atom stereocenters. The number of carbonyl (C=O) groups excluding carboxylic acids is 1. The number of hydrogen-bond donors (Lipinski definition) is 1. The van der Waals surface area contributed by atoms with Crippen LogP contribution in [-0.4, -0.2) is 16.6 Å². The third kappa shape index (κ3) is 4.17. The lowest BCUT2D eigenvalue weighted by molar-refractivity contribution is -0.113. The largest absolute Gasteiger partial charge is 0.464 e. The van der Waals surface area contributed by atoms with E-state index in [2.05, 4.69) is 11.4 Å². The Morgan fingerprint density at radius 2 is 2.14 bits per heavy atom. The van der Waals surface area contributed by atoms with Crippen molar-refractivity contribution in [3.8, 4) is 17.4 Å². The second-order valence-electron chi connectivity index (χ2n) is 6.74. The molecule has 7 heteroatoms. The molecule has 0 saturated carbocycles. The summed E-state index contributed by atoms with van der Waals surface area (Å²) in [6.45, 7) is 0. The quantitative estimate of drug-likeness (QED) is 0.605. The highest BCUT2D eigenvalue weighted by atomic mass is 32.2. The van der Waals surface area contributed by atoms with E-state index in [0.717, 1.165) is 42.5 Å². The zero-order valence-corrected chi connectivity index (χ0v) is 16.4. The molecule has 0 spiro atoms. The zero-order chi connectivity index (χ0) is 20.2. The summed E-state index contributed by atoms with van der Waals surface area (Å²) in [6, 6.07) is 11.6. The van der Waals surface area contributed by atoms with Crippen LogP contribution in [0.3, 0.4) is 0 Å². The summed E-state index contributed by atoms with van der Waals surface area (Å²) < 4.78 is 18.9. The van der Waals surface area contributed by atoms with Crippen molar-refractivity contribution in [1.82, 2.24) is 4.98 Å². The number of nitrogens with zero attached hydrogens (tertiary/aromatic N) is 2. The first kappa shape index (κ1) is 19.2. The number of hydrogen-bond acceptors (Lipinski definition) is 5. The van der Waals surface area contributed by atoms with Crippen LogP contribution in [0.4, 0.5) is 10.1 Å². The van der Waals surface area contributed by atoms with Crippen molar-refractivity contribution in [2.24, 2.45) is 0 Å². The van der Waals surface area contributed by atoms with Crippen molar-refractivity contribution < 1.29 is 13.6 Å². The van der Waals surface area contributed by atoms with Gasteiger partial charge in [0.25, 0.3) is 0 Å². The summed E-state index contributed by atoms with van der Waals surface area (Å²) in [7, 11) is 0. The minimum absolute atomic E-state index is 0.0641. The van der Waals surface area contributed by atoms with Gasteiger partial charge in [-0.2, -0.15) is 5.26 Å². The summed E-state index contributed by atoms with van der Waals surface area (Å²) in [5.74, 6) is 0.00701. The van der Waals surface area contributed by atoms with Gasteiger partial charge in [0, 0.05) is 16.9 Å². The second kappa shape index (κ2) is 8.50. The van der Waals surface area contributed by atoms with Gasteiger partial charge in [0.15, 0.2) is 0 Å². The maximum absolute atomic E-state index is 13.3. The third-order valence-electron chi connectivity index (χ3n) is 4.77. The summed E-state index contributed by atoms with van der Waals surface area (Å²) in [5, 5.41) is 13.0. The standard InChI is InChI=1S/C22H18FN3O2S/c23-14-5-3-6-15(11-14)25-20(27)13-29-22-17(12-24)21(19-9-4-10-28-19)16-7-1-2-8-18(16)26-22/h3-6,9-11H,1-2,7-8,13H2,(H,25,27). The van der Waals surface area contributed by atoms with E-state index >= 15 is 0 Å². The van der Waals surface area contributed by atoms with Crippen molar-refractivity contribution >= 4 is 23.4 Å². The van der Waals surface area contributed by atoms with Gasteiger partial charge in [0.1, 0.15) is 22.7 Å². The van der Waals surface area contributed by atoms with Crippen LogP contribution in [0.1, 0.15) is 29.7 Å². The van der Waals surface area contributed by atoms with Gasteiger partial charge in [-0.15, -0.1) is 0 Å². The van der Waals surface area contributed by atoms with E-state index in [0.29, 0.717) is 22.0 Å².